The van der Waals surface area contributed by atoms with E-state index < -0.39 is 30.4 Å². The summed E-state index contributed by atoms with van der Waals surface area (Å²) in [4.78, 5) is 72.1. The molecule has 3 aliphatic rings. The molecule has 5 heterocycles. The highest BCUT2D eigenvalue weighted by Gasteiger charge is 2.39. The van der Waals surface area contributed by atoms with Gasteiger partial charge in [0.25, 0.3) is 5.91 Å². The Balaban J connectivity index is 0.912. The van der Waals surface area contributed by atoms with Crippen molar-refractivity contribution in [1.82, 2.24) is 40.4 Å². The summed E-state index contributed by atoms with van der Waals surface area (Å²) in [5.41, 5.74) is 7.36. The van der Waals surface area contributed by atoms with Gasteiger partial charge in [-0.1, -0.05) is 60.7 Å². The lowest BCUT2D eigenvalue weighted by Gasteiger charge is -2.30. The third-order valence-electron chi connectivity index (χ3n) is 12.6. The van der Waals surface area contributed by atoms with Crippen molar-refractivity contribution in [2.24, 2.45) is 0 Å². The third-order valence-corrected chi connectivity index (χ3v) is 12.6. The fraction of sp³-hybridized carbons (Fsp3) is 0.333. The SMILES string of the molecule is COC(=O)NC(C(=O)N1CCC[C@H]1c1ncc(-c2ccc3c4c(ccc3c2)-c2ccc(-c3cnc([C@@H]5CCCN5C(=O)[C@H](NC(=O)OC)c5ccccc5)[nH]3)cc2CO4)[nH]1)[C@@H](C)OC. The molecular formula is C48H50N8O8. The second kappa shape index (κ2) is 17.9. The summed E-state index contributed by atoms with van der Waals surface area (Å²) >= 11 is 0. The fourth-order valence-corrected chi connectivity index (χ4v) is 9.22. The van der Waals surface area contributed by atoms with E-state index in [2.05, 4.69) is 63.1 Å². The van der Waals surface area contributed by atoms with Gasteiger partial charge in [0.1, 0.15) is 36.1 Å². The molecule has 64 heavy (non-hydrogen) atoms. The van der Waals surface area contributed by atoms with Crippen LogP contribution in [-0.4, -0.2) is 100 Å². The van der Waals surface area contributed by atoms with Gasteiger partial charge in [0.05, 0.1) is 56.2 Å². The Morgan fingerprint density at radius 2 is 1.34 bits per heavy atom. The molecule has 2 saturated heterocycles. The maximum absolute atomic E-state index is 14.0. The maximum Gasteiger partial charge on any atom is 0.407 e. The molecule has 16 heteroatoms. The number of carbonyl (C=O) groups is 4. The van der Waals surface area contributed by atoms with Gasteiger partial charge in [0.2, 0.25) is 5.91 Å². The second-order valence-electron chi connectivity index (χ2n) is 16.3. The van der Waals surface area contributed by atoms with Crippen LogP contribution in [0.25, 0.3) is 44.4 Å². The van der Waals surface area contributed by atoms with E-state index in [4.69, 9.17) is 28.9 Å². The highest BCUT2D eigenvalue weighted by Crippen LogP contribution is 2.44. The smallest absolute Gasteiger partial charge is 0.407 e. The van der Waals surface area contributed by atoms with Gasteiger partial charge in [-0.3, -0.25) is 9.59 Å². The molecule has 0 bridgehead atoms. The Labute approximate surface area is 369 Å². The van der Waals surface area contributed by atoms with Gasteiger partial charge < -0.3 is 49.3 Å². The molecule has 0 saturated carbocycles. The summed E-state index contributed by atoms with van der Waals surface area (Å²) < 4.78 is 21.5. The predicted octanol–water partition coefficient (Wildman–Crippen LogP) is 7.36. The van der Waals surface area contributed by atoms with Gasteiger partial charge in [-0.25, -0.2) is 19.6 Å². The average Bonchev–Trinajstić information content (AvgIpc) is 4.19. The van der Waals surface area contributed by atoms with E-state index in [-0.39, 0.29) is 23.9 Å². The van der Waals surface area contributed by atoms with Crippen LogP contribution in [0.2, 0.25) is 0 Å². The summed E-state index contributed by atoms with van der Waals surface area (Å²) in [5.74, 6) is 1.71. The van der Waals surface area contributed by atoms with E-state index in [1.165, 1.54) is 21.3 Å². The number of nitrogens with zero attached hydrogens (tertiary/aromatic N) is 4. The third kappa shape index (κ3) is 8.00. The quantitative estimate of drug-likeness (QED) is 0.102. The van der Waals surface area contributed by atoms with Crippen LogP contribution in [0.3, 0.4) is 0 Å². The van der Waals surface area contributed by atoms with Crippen LogP contribution in [0.4, 0.5) is 9.59 Å². The minimum absolute atomic E-state index is 0.221. The van der Waals surface area contributed by atoms with Gasteiger partial charge in [0.15, 0.2) is 0 Å². The van der Waals surface area contributed by atoms with Crippen molar-refractivity contribution in [2.45, 2.75) is 69.5 Å². The molecule has 2 fully saturated rings. The molecule has 4 aromatic carbocycles. The average molecular weight is 867 g/mol. The number of rotatable bonds is 11. The van der Waals surface area contributed by atoms with Gasteiger partial charge in [0, 0.05) is 36.7 Å². The van der Waals surface area contributed by atoms with Crippen LogP contribution in [0.15, 0.2) is 91.3 Å². The monoisotopic (exact) mass is 866 g/mol. The number of amides is 4. The zero-order valence-corrected chi connectivity index (χ0v) is 36.1. The molecule has 5 atom stereocenters. The van der Waals surface area contributed by atoms with Crippen molar-refractivity contribution in [3.63, 3.8) is 0 Å². The van der Waals surface area contributed by atoms with Crippen molar-refractivity contribution >= 4 is 34.8 Å². The second-order valence-corrected chi connectivity index (χ2v) is 16.3. The normalized spacial score (nSPS) is 18.1. The lowest BCUT2D eigenvalue weighted by molar-refractivity contribution is -0.137. The Hall–Kier alpha value is -7.20. The predicted molar refractivity (Wildman–Crippen MR) is 237 cm³/mol. The maximum atomic E-state index is 14.0. The molecule has 1 unspecified atom stereocenters. The number of imidazole rings is 2. The number of alkyl carbamates (subject to hydrolysis) is 2. The van der Waals surface area contributed by atoms with Gasteiger partial charge in [-0.15, -0.1) is 0 Å². The number of hydrogen-bond donors (Lipinski definition) is 4. The molecule has 0 radical (unpaired) electrons. The molecule has 4 N–H and O–H groups in total. The first-order valence-electron chi connectivity index (χ1n) is 21.5. The fourth-order valence-electron chi connectivity index (χ4n) is 9.22. The highest BCUT2D eigenvalue weighted by atomic mass is 16.5. The molecule has 330 valence electrons. The van der Waals surface area contributed by atoms with Crippen molar-refractivity contribution in [1.29, 1.82) is 0 Å². The first-order valence-corrected chi connectivity index (χ1v) is 21.5. The van der Waals surface area contributed by atoms with Crippen molar-refractivity contribution in [3.8, 4) is 39.4 Å². The number of carbonyl (C=O) groups excluding carboxylic acids is 4. The summed E-state index contributed by atoms with van der Waals surface area (Å²) in [6, 6.07) is 23.5. The molecule has 0 spiro atoms. The van der Waals surface area contributed by atoms with Crippen molar-refractivity contribution in [3.05, 3.63) is 114 Å². The summed E-state index contributed by atoms with van der Waals surface area (Å²) in [5, 5.41) is 7.35. The number of ether oxygens (including phenoxy) is 4. The van der Waals surface area contributed by atoms with Crippen LogP contribution in [0.5, 0.6) is 5.75 Å². The lowest BCUT2D eigenvalue weighted by Crippen LogP contribution is -2.54. The van der Waals surface area contributed by atoms with Crippen LogP contribution in [0.1, 0.15) is 73.5 Å². The zero-order valence-electron chi connectivity index (χ0n) is 36.1. The number of aromatic nitrogens is 4. The van der Waals surface area contributed by atoms with Gasteiger partial charge in [-0.2, -0.15) is 0 Å². The lowest BCUT2D eigenvalue weighted by atomic mass is 9.92. The number of benzene rings is 4. The molecule has 16 nitrogen and oxygen atoms in total. The van der Waals surface area contributed by atoms with E-state index in [0.717, 1.165) is 81.4 Å². The first kappa shape index (κ1) is 42.1. The Kier molecular flexibility index (Phi) is 11.8. The molecule has 3 aliphatic heterocycles. The molecule has 9 rings (SSSR count). The Bertz CT molecular complexity index is 2720. The zero-order chi connectivity index (χ0) is 44.5. The first-order chi connectivity index (χ1) is 31.1. The number of aromatic amines is 2. The topological polar surface area (TPSA) is 193 Å². The van der Waals surface area contributed by atoms with Crippen molar-refractivity contribution in [2.75, 3.05) is 34.4 Å². The number of nitrogens with one attached hydrogen (secondary N) is 4. The molecule has 6 aromatic rings. The standard InChI is InChI=1S/C48H50N8O8/c1-27(61-2)40(53-47(59)62-3)45(57)55-20-8-12-38(55)43-49-24-36(51-43)30-16-18-34-29(22-30)14-19-35-33-17-15-31(23-32(33)26-64-42(34)35)37-25-50-44(52-37)39-13-9-21-56(39)46(58)41(54-48(60)63-4)28-10-6-5-7-11-28/h5-7,10-11,14-19,22-25,27,38-41H,8-9,12-13,20-21,26H2,1-4H3,(H,49,51)(H,50,52)(H,53,59)(H,54,60)/t27-,38+,39+,40?,41-/m1/s1. The van der Waals surface area contributed by atoms with E-state index in [1.807, 2.05) is 36.4 Å². The largest absolute Gasteiger partial charge is 0.488 e. The number of fused-ring (bicyclic) bond motifs is 5. The highest BCUT2D eigenvalue weighted by molar-refractivity contribution is 5.98. The number of hydrogen-bond acceptors (Lipinski definition) is 10. The van der Waals surface area contributed by atoms with Crippen LogP contribution in [-0.2, 0) is 30.4 Å². The molecule has 4 amide bonds. The Morgan fingerprint density at radius 1 is 0.734 bits per heavy atom. The molecule has 2 aromatic heterocycles. The van der Waals surface area contributed by atoms with E-state index in [0.29, 0.717) is 36.9 Å². The number of likely N-dealkylation sites (tertiary alicyclic amines) is 2. The van der Waals surface area contributed by atoms with Crippen LogP contribution in [0, 0.1) is 0 Å². The van der Waals surface area contributed by atoms with E-state index in [9.17, 15) is 19.2 Å². The number of methoxy groups -OCH3 is 3. The summed E-state index contributed by atoms with van der Waals surface area (Å²) in [6.45, 7) is 3.19. The van der Waals surface area contributed by atoms with E-state index in [1.54, 1.807) is 29.1 Å². The van der Waals surface area contributed by atoms with Gasteiger partial charge >= 0.3 is 12.2 Å². The minimum atomic E-state index is -0.909. The van der Waals surface area contributed by atoms with E-state index >= 15 is 0 Å². The molecular weight excluding hydrogens is 817 g/mol. The number of H-pyrrole nitrogens is 2. The summed E-state index contributed by atoms with van der Waals surface area (Å²) in [6.07, 6.45) is 4.73. The minimum Gasteiger partial charge on any atom is -0.488 e. The van der Waals surface area contributed by atoms with Crippen molar-refractivity contribution < 1.29 is 38.1 Å². The van der Waals surface area contributed by atoms with Gasteiger partial charge in [-0.05, 0) is 78.4 Å². The summed E-state index contributed by atoms with van der Waals surface area (Å²) in [7, 11) is 4.04. The Morgan fingerprint density at radius 3 is 2.00 bits per heavy atom. The van der Waals surface area contributed by atoms with Crippen LogP contribution >= 0.6 is 0 Å². The molecule has 0 aliphatic carbocycles. The van der Waals surface area contributed by atoms with Crippen LogP contribution < -0.4 is 15.4 Å².